The van der Waals surface area contributed by atoms with Gasteiger partial charge in [0.15, 0.2) is 17.3 Å². The highest BCUT2D eigenvalue weighted by Crippen LogP contribution is 2.27. The maximum Gasteiger partial charge on any atom is 0.185 e. The highest BCUT2D eigenvalue weighted by atomic mass is 35.5. The van der Waals surface area contributed by atoms with Gasteiger partial charge in [0.2, 0.25) is 0 Å². The Morgan fingerprint density at radius 1 is 1.14 bits per heavy atom. The molecule has 0 saturated heterocycles. The Balaban J connectivity index is 2.20. The number of aromatic hydroxyl groups is 1. The lowest BCUT2D eigenvalue weighted by Crippen LogP contribution is -1.95. The topological polar surface area (TPSA) is 46.5 Å². The molecule has 2 rings (SSSR count). The van der Waals surface area contributed by atoms with Crippen LogP contribution in [0.3, 0.4) is 0 Å². The van der Waals surface area contributed by atoms with Crippen molar-refractivity contribution in [1.29, 1.82) is 0 Å². The summed E-state index contributed by atoms with van der Waals surface area (Å²) in [5.74, 6) is 0.0330. The zero-order valence-electron chi connectivity index (χ0n) is 11.1. The van der Waals surface area contributed by atoms with Crippen molar-refractivity contribution in [3.05, 3.63) is 63.6 Å². The molecule has 0 unspecified atom stereocenters. The first-order valence-corrected chi connectivity index (χ1v) is 6.81. The summed E-state index contributed by atoms with van der Waals surface area (Å²) in [5.41, 5.74) is 1.18. The number of benzene rings is 2. The first kappa shape index (κ1) is 15.4. The van der Waals surface area contributed by atoms with Gasteiger partial charge in [-0.15, -0.1) is 0 Å². The molecule has 0 atom stereocenters. The van der Waals surface area contributed by atoms with Gasteiger partial charge < -0.3 is 9.84 Å². The summed E-state index contributed by atoms with van der Waals surface area (Å²) in [7, 11) is 1.43. The van der Waals surface area contributed by atoms with Crippen LogP contribution in [0.25, 0.3) is 6.08 Å². The van der Waals surface area contributed by atoms with Crippen molar-refractivity contribution in [3.63, 3.8) is 0 Å². The second-order valence-electron chi connectivity index (χ2n) is 4.26. The summed E-state index contributed by atoms with van der Waals surface area (Å²) in [5, 5.41) is 10.4. The molecule has 0 radical (unpaired) electrons. The molecule has 0 aliphatic rings. The molecule has 3 nitrogen and oxygen atoms in total. The maximum atomic E-state index is 12.1. The van der Waals surface area contributed by atoms with Crippen molar-refractivity contribution in [2.75, 3.05) is 7.11 Å². The van der Waals surface area contributed by atoms with Crippen LogP contribution in [0.5, 0.6) is 11.5 Å². The molecule has 0 aliphatic heterocycles. The lowest BCUT2D eigenvalue weighted by atomic mass is 10.1. The maximum absolute atomic E-state index is 12.1. The third kappa shape index (κ3) is 3.78. The molecule has 2 aromatic carbocycles. The average Bonchev–Trinajstić information content (AvgIpc) is 2.48. The number of hydrogen-bond acceptors (Lipinski definition) is 3. The van der Waals surface area contributed by atoms with Crippen molar-refractivity contribution in [2.45, 2.75) is 0 Å². The van der Waals surface area contributed by atoms with Gasteiger partial charge in [0.25, 0.3) is 0 Å². The lowest BCUT2D eigenvalue weighted by molar-refractivity contribution is 0.104. The predicted octanol–water partition coefficient (Wildman–Crippen LogP) is 4.60. The van der Waals surface area contributed by atoms with E-state index in [1.165, 1.54) is 31.4 Å². The molecule has 21 heavy (non-hydrogen) atoms. The molecular weight excluding hydrogens is 311 g/mol. The number of ketones is 1. The van der Waals surface area contributed by atoms with E-state index in [-0.39, 0.29) is 17.3 Å². The molecule has 0 fully saturated rings. The smallest absolute Gasteiger partial charge is 0.185 e. The van der Waals surface area contributed by atoms with Crippen LogP contribution < -0.4 is 4.74 Å². The van der Waals surface area contributed by atoms with Crippen molar-refractivity contribution in [2.24, 2.45) is 0 Å². The quantitative estimate of drug-likeness (QED) is 0.660. The molecule has 0 aromatic heterocycles. The average molecular weight is 323 g/mol. The first-order valence-electron chi connectivity index (χ1n) is 6.05. The number of halogens is 2. The molecule has 0 bridgehead atoms. The van der Waals surface area contributed by atoms with Gasteiger partial charge in [-0.3, -0.25) is 4.79 Å². The third-order valence-corrected chi connectivity index (χ3v) is 3.57. The second kappa shape index (κ2) is 6.66. The van der Waals surface area contributed by atoms with Crippen LogP contribution in [-0.4, -0.2) is 18.0 Å². The first-order chi connectivity index (χ1) is 10.0. The summed E-state index contributed by atoms with van der Waals surface area (Å²) < 4.78 is 4.97. The SMILES string of the molecule is COc1cc(C(=O)/C=C/c2ccc(Cl)c(Cl)c2)ccc1O. The number of methoxy groups -OCH3 is 1. The van der Waals surface area contributed by atoms with E-state index < -0.39 is 0 Å². The number of ether oxygens (including phenoxy) is 1. The van der Waals surface area contributed by atoms with Crippen molar-refractivity contribution in [3.8, 4) is 11.5 Å². The molecule has 1 N–H and O–H groups in total. The Morgan fingerprint density at radius 3 is 2.57 bits per heavy atom. The number of allylic oxidation sites excluding steroid dienone is 1. The fourth-order valence-corrected chi connectivity index (χ4v) is 2.02. The zero-order chi connectivity index (χ0) is 15.4. The lowest BCUT2D eigenvalue weighted by Gasteiger charge is -2.04. The van der Waals surface area contributed by atoms with Gasteiger partial charge in [-0.1, -0.05) is 35.3 Å². The molecular formula is C16H12Cl2O3. The molecule has 0 amide bonds. The predicted molar refractivity (Wildman–Crippen MR) is 84.5 cm³/mol. The van der Waals surface area contributed by atoms with Gasteiger partial charge in [0.05, 0.1) is 17.2 Å². The van der Waals surface area contributed by atoms with E-state index in [0.717, 1.165) is 5.56 Å². The number of phenolic OH excluding ortho intramolecular Hbond substituents is 1. The summed E-state index contributed by atoms with van der Waals surface area (Å²) in [6.45, 7) is 0. The van der Waals surface area contributed by atoms with Crippen molar-refractivity contribution < 1.29 is 14.6 Å². The minimum absolute atomic E-state index is 0.0116. The number of hydrogen-bond donors (Lipinski definition) is 1. The Hall–Kier alpha value is -1.97. The van der Waals surface area contributed by atoms with E-state index in [1.807, 2.05) is 0 Å². The second-order valence-corrected chi connectivity index (χ2v) is 5.07. The third-order valence-electron chi connectivity index (χ3n) is 2.84. The molecule has 2 aromatic rings. The largest absolute Gasteiger partial charge is 0.504 e. The van der Waals surface area contributed by atoms with E-state index in [2.05, 4.69) is 0 Å². The van der Waals surface area contributed by atoms with Gasteiger partial charge in [-0.25, -0.2) is 0 Å². The minimum atomic E-state index is -0.209. The van der Waals surface area contributed by atoms with Crippen LogP contribution in [0, 0.1) is 0 Å². The molecule has 0 heterocycles. The fraction of sp³-hybridized carbons (Fsp3) is 0.0625. The number of carbonyl (C=O) groups is 1. The normalized spacial score (nSPS) is 10.8. The molecule has 0 aliphatic carbocycles. The highest BCUT2D eigenvalue weighted by Gasteiger charge is 2.07. The van der Waals surface area contributed by atoms with E-state index in [4.69, 9.17) is 27.9 Å². The summed E-state index contributed by atoms with van der Waals surface area (Å²) >= 11 is 11.7. The van der Waals surface area contributed by atoms with Crippen LogP contribution in [0.1, 0.15) is 15.9 Å². The minimum Gasteiger partial charge on any atom is -0.504 e. The van der Waals surface area contributed by atoms with Crippen LogP contribution in [0.4, 0.5) is 0 Å². The fourth-order valence-electron chi connectivity index (χ4n) is 1.72. The summed E-state index contributed by atoms with van der Waals surface area (Å²) in [6.07, 6.45) is 3.06. The van der Waals surface area contributed by atoms with Crippen LogP contribution in [0.2, 0.25) is 10.0 Å². The summed E-state index contributed by atoms with van der Waals surface area (Å²) in [6, 6.07) is 9.52. The molecule has 0 saturated carbocycles. The Bertz CT molecular complexity index is 709. The Morgan fingerprint density at radius 2 is 1.90 bits per heavy atom. The Labute approximate surface area is 132 Å². The van der Waals surface area contributed by atoms with Crippen molar-refractivity contribution in [1.82, 2.24) is 0 Å². The Kier molecular flexibility index (Phi) is 4.89. The monoisotopic (exact) mass is 322 g/mol. The van der Waals surface area contributed by atoms with E-state index in [0.29, 0.717) is 15.6 Å². The van der Waals surface area contributed by atoms with Gasteiger partial charge in [-0.2, -0.15) is 0 Å². The van der Waals surface area contributed by atoms with Crippen LogP contribution in [0.15, 0.2) is 42.5 Å². The van der Waals surface area contributed by atoms with Gasteiger partial charge >= 0.3 is 0 Å². The van der Waals surface area contributed by atoms with Crippen LogP contribution in [-0.2, 0) is 0 Å². The highest BCUT2D eigenvalue weighted by molar-refractivity contribution is 6.42. The number of phenols is 1. The van der Waals surface area contributed by atoms with Crippen molar-refractivity contribution >= 4 is 35.1 Å². The van der Waals surface area contributed by atoms with E-state index in [9.17, 15) is 9.90 Å². The van der Waals surface area contributed by atoms with Crippen LogP contribution >= 0.6 is 23.2 Å². The van der Waals surface area contributed by atoms with E-state index in [1.54, 1.807) is 24.3 Å². The number of carbonyl (C=O) groups excluding carboxylic acids is 1. The van der Waals surface area contributed by atoms with E-state index >= 15 is 0 Å². The van der Waals surface area contributed by atoms with Gasteiger partial charge in [0, 0.05) is 5.56 Å². The van der Waals surface area contributed by atoms with Gasteiger partial charge in [-0.05, 0) is 42.0 Å². The summed E-state index contributed by atoms with van der Waals surface area (Å²) in [4.78, 5) is 12.1. The number of rotatable bonds is 4. The standard InChI is InChI=1S/C16H12Cl2O3/c1-21-16-9-11(4-7-15(16)20)14(19)6-3-10-2-5-12(17)13(18)8-10/h2-9,20H,1H3/b6-3+. The zero-order valence-corrected chi connectivity index (χ0v) is 12.7. The molecule has 0 spiro atoms. The molecule has 5 heteroatoms. The van der Waals surface area contributed by atoms with Gasteiger partial charge in [0.1, 0.15) is 0 Å². The molecule has 108 valence electrons.